The third-order valence-corrected chi connectivity index (χ3v) is 6.60. The van der Waals surface area contributed by atoms with Gasteiger partial charge in [0.05, 0.1) is 22.4 Å². The van der Waals surface area contributed by atoms with E-state index in [9.17, 15) is 9.59 Å². The smallest absolute Gasteiger partial charge is 0.410 e. The average molecular weight is 522 g/mol. The molecule has 0 N–H and O–H groups in total. The largest absolute Gasteiger partial charge is 0.444 e. The first kappa shape index (κ1) is 25.6. The Balaban J connectivity index is 1.47. The van der Waals surface area contributed by atoms with E-state index in [0.717, 1.165) is 21.3 Å². The Bertz CT molecular complexity index is 1630. The van der Waals surface area contributed by atoms with Crippen molar-refractivity contribution >= 4 is 22.9 Å². The number of pyridine rings is 2. The Labute approximate surface area is 219 Å². The van der Waals surface area contributed by atoms with E-state index >= 15 is 4.39 Å². The molecule has 0 spiro atoms. The predicted octanol–water partition coefficient (Wildman–Crippen LogP) is 4.00. The molecule has 1 fully saturated rings. The van der Waals surface area contributed by atoms with Gasteiger partial charge in [-0.25, -0.2) is 27.9 Å². The fourth-order valence-electron chi connectivity index (χ4n) is 4.92. The lowest BCUT2D eigenvalue weighted by Gasteiger charge is -2.47. The molecule has 0 radical (unpaired) electrons. The highest BCUT2D eigenvalue weighted by molar-refractivity contribution is 5.70. The molecule has 1 amide bonds. The minimum Gasteiger partial charge on any atom is -0.444 e. The van der Waals surface area contributed by atoms with Crippen LogP contribution >= 0.6 is 0 Å². The summed E-state index contributed by atoms with van der Waals surface area (Å²) in [5.41, 5.74) is 1.75. The monoisotopic (exact) mass is 521 g/mol. The van der Waals surface area contributed by atoms with Crippen molar-refractivity contribution in [1.29, 1.82) is 0 Å². The summed E-state index contributed by atoms with van der Waals surface area (Å²) in [6, 6.07) is 6.95. The maximum absolute atomic E-state index is 15.4. The molecule has 0 saturated carbocycles. The third-order valence-electron chi connectivity index (χ3n) is 6.60. The van der Waals surface area contributed by atoms with Crippen LogP contribution in [-0.4, -0.2) is 65.8 Å². The molecule has 4 aromatic heterocycles. The summed E-state index contributed by atoms with van der Waals surface area (Å²) < 4.78 is 23.9. The maximum Gasteiger partial charge on any atom is 0.410 e. The molecule has 200 valence electrons. The molecule has 4 aromatic rings. The summed E-state index contributed by atoms with van der Waals surface area (Å²) >= 11 is 0. The van der Waals surface area contributed by atoms with Crippen LogP contribution in [-0.2, 0) is 4.74 Å². The van der Waals surface area contributed by atoms with E-state index in [1.54, 1.807) is 15.6 Å². The second kappa shape index (κ2) is 8.78. The van der Waals surface area contributed by atoms with E-state index in [-0.39, 0.29) is 17.6 Å². The predicted molar refractivity (Wildman–Crippen MR) is 142 cm³/mol. The van der Waals surface area contributed by atoms with Crippen LogP contribution in [0, 0.1) is 19.7 Å². The second-order valence-electron chi connectivity index (χ2n) is 11.4. The highest BCUT2D eigenvalue weighted by Crippen LogP contribution is 2.28. The van der Waals surface area contributed by atoms with Gasteiger partial charge in [0.1, 0.15) is 5.60 Å². The molecular weight excluding hydrogens is 489 g/mol. The van der Waals surface area contributed by atoms with Gasteiger partial charge in [0.2, 0.25) is 0 Å². The zero-order chi connectivity index (χ0) is 27.6. The Kier molecular flexibility index (Phi) is 5.92. The molecule has 5 heterocycles. The maximum atomic E-state index is 15.4. The molecule has 5 rings (SSSR count). The molecular formula is C27H32FN7O3. The van der Waals surface area contributed by atoms with E-state index in [1.165, 1.54) is 6.07 Å². The normalized spacial score (nSPS) is 15.9. The Morgan fingerprint density at radius 3 is 2.50 bits per heavy atom. The van der Waals surface area contributed by atoms with Crippen molar-refractivity contribution in [2.24, 2.45) is 0 Å². The fourth-order valence-corrected chi connectivity index (χ4v) is 4.92. The zero-order valence-corrected chi connectivity index (χ0v) is 22.7. The number of nitrogens with zero attached hydrogens (tertiary/aromatic N) is 7. The summed E-state index contributed by atoms with van der Waals surface area (Å²) in [4.78, 5) is 38.0. The number of halogens is 1. The summed E-state index contributed by atoms with van der Waals surface area (Å²) in [6.07, 6.45) is 1.17. The SMILES string of the molecule is Cc1cc2cc(-c3nc(=O)n4cc(N5CCN(C(=O)OC(C)(C)C)C(C)(C)C5)cc(F)c4n3)cc(C)n2n1. The Morgan fingerprint density at radius 1 is 1.08 bits per heavy atom. The van der Waals surface area contributed by atoms with Gasteiger partial charge in [0.15, 0.2) is 17.3 Å². The number of rotatable bonds is 2. The molecule has 0 unspecified atom stereocenters. The fraction of sp³-hybridized carbons (Fsp3) is 0.444. The van der Waals surface area contributed by atoms with Crippen molar-refractivity contribution in [3.05, 3.63) is 58.2 Å². The molecule has 0 bridgehead atoms. The standard InChI is InChI=1S/C27H32FN7O3/c1-16-10-19-12-18(11-17(2)35(19)31-16)22-29-23-21(28)13-20(14-33(23)24(36)30-22)32-8-9-34(27(6,7)15-32)25(37)38-26(3,4)5/h10-14H,8-9,15H2,1-7H3. The van der Waals surface area contributed by atoms with Crippen molar-refractivity contribution < 1.29 is 13.9 Å². The second-order valence-corrected chi connectivity index (χ2v) is 11.4. The van der Waals surface area contributed by atoms with Gasteiger partial charge in [0.25, 0.3) is 0 Å². The number of ether oxygens (including phenoxy) is 1. The molecule has 10 nitrogen and oxygen atoms in total. The molecule has 1 saturated heterocycles. The molecule has 1 aliphatic rings. The minimum absolute atomic E-state index is 0.0994. The van der Waals surface area contributed by atoms with Crippen molar-refractivity contribution in [2.45, 2.75) is 59.6 Å². The van der Waals surface area contributed by atoms with Gasteiger partial charge in [-0.15, -0.1) is 0 Å². The van der Waals surface area contributed by atoms with Crippen molar-refractivity contribution in [3.63, 3.8) is 0 Å². The van der Waals surface area contributed by atoms with Gasteiger partial charge in [-0.1, -0.05) is 0 Å². The minimum atomic E-state index is -0.631. The molecule has 11 heteroatoms. The summed E-state index contributed by atoms with van der Waals surface area (Å²) in [7, 11) is 0. The van der Waals surface area contributed by atoms with Crippen LogP contribution in [0.15, 0.2) is 35.3 Å². The lowest BCUT2D eigenvalue weighted by molar-refractivity contribution is 0.000363. The van der Waals surface area contributed by atoms with Crippen LogP contribution in [0.1, 0.15) is 46.0 Å². The van der Waals surface area contributed by atoms with E-state index < -0.39 is 22.6 Å². The van der Waals surface area contributed by atoms with Crippen molar-refractivity contribution in [1.82, 2.24) is 28.9 Å². The van der Waals surface area contributed by atoms with Crippen LogP contribution < -0.4 is 10.6 Å². The van der Waals surface area contributed by atoms with Gasteiger partial charge in [0, 0.05) is 43.2 Å². The topological polar surface area (TPSA) is 97.3 Å². The van der Waals surface area contributed by atoms with Crippen molar-refractivity contribution in [2.75, 3.05) is 24.5 Å². The molecule has 0 aromatic carbocycles. The number of piperazine rings is 1. The highest BCUT2D eigenvalue weighted by Gasteiger charge is 2.39. The number of fused-ring (bicyclic) bond motifs is 2. The number of hydrogen-bond acceptors (Lipinski definition) is 7. The van der Waals surface area contributed by atoms with Gasteiger partial charge in [-0.3, -0.25) is 4.90 Å². The number of carbonyl (C=O) groups excluding carboxylic acids is 1. The van der Waals surface area contributed by atoms with E-state index in [0.29, 0.717) is 30.9 Å². The molecule has 0 aliphatic carbocycles. The third kappa shape index (κ3) is 4.68. The van der Waals surface area contributed by atoms with Gasteiger partial charge in [-0.2, -0.15) is 10.1 Å². The van der Waals surface area contributed by atoms with Gasteiger partial charge in [-0.05, 0) is 66.7 Å². The summed E-state index contributed by atoms with van der Waals surface area (Å²) in [6.45, 7) is 14.4. The van der Waals surface area contributed by atoms with Crippen molar-refractivity contribution in [3.8, 4) is 11.4 Å². The number of hydrogen-bond donors (Lipinski definition) is 0. The molecule has 1 aliphatic heterocycles. The van der Waals surface area contributed by atoms with Crippen LogP contribution in [0.5, 0.6) is 0 Å². The van der Waals surface area contributed by atoms with Crippen LogP contribution in [0.25, 0.3) is 22.6 Å². The van der Waals surface area contributed by atoms with Crippen LogP contribution in [0.3, 0.4) is 0 Å². The first-order chi connectivity index (χ1) is 17.7. The Morgan fingerprint density at radius 2 is 1.82 bits per heavy atom. The van der Waals surface area contributed by atoms with Crippen LogP contribution in [0.4, 0.5) is 14.9 Å². The first-order valence-corrected chi connectivity index (χ1v) is 12.5. The van der Waals surface area contributed by atoms with Gasteiger partial charge < -0.3 is 9.64 Å². The number of aromatic nitrogens is 5. The van der Waals surface area contributed by atoms with E-state index in [2.05, 4.69) is 15.1 Å². The van der Waals surface area contributed by atoms with E-state index in [1.807, 2.05) is 71.6 Å². The first-order valence-electron chi connectivity index (χ1n) is 12.5. The highest BCUT2D eigenvalue weighted by atomic mass is 19.1. The lowest BCUT2D eigenvalue weighted by Crippen LogP contribution is -2.61. The quantitative estimate of drug-likeness (QED) is 0.393. The zero-order valence-electron chi connectivity index (χ0n) is 22.7. The van der Waals surface area contributed by atoms with E-state index in [4.69, 9.17) is 4.74 Å². The Hall–Kier alpha value is -4.02. The number of anilines is 1. The molecule has 38 heavy (non-hydrogen) atoms. The number of amides is 1. The number of carbonyl (C=O) groups is 1. The summed E-state index contributed by atoms with van der Waals surface area (Å²) in [5.74, 6) is -0.480. The average Bonchev–Trinajstić information content (AvgIpc) is 3.18. The summed E-state index contributed by atoms with van der Waals surface area (Å²) in [5, 5.41) is 4.44. The molecule has 0 atom stereocenters. The van der Waals surface area contributed by atoms with Gasteiger partial charge >= 0.3 is 11.8 Å². The number of aryl methyl sites for hydroxylation is 2. The lowest BCUT2D eigenvalue weighted by atomic mass is 9.99. The van der Waals surface area contributed by atoms with Crippen LogP contribution in [0.2, 0.25) is 0 Å².